The molecule has 1 fully saturated rings. The number of fused-ring (bicyclic) bond motifs is 1. The van der Waals surface area contributed by atoms with Crippen LogP contribution in [0, 0.1) is 5.41 Å². The van der Waals surface area contributed by atoms with Crippen molar-refractivity contribution in [2.75, 3.05) is 11.9 Å². The molecule has 2 amide bonds. The van der Waals surface area contributed by atoms with Gasteiger partial charge in [0.15, 0.2) is 5.17 Å². The summed E-state index contributed by atoms with van der Waals surface area (Å²) in [5.41, 5.74) is 1.67. The van der Waals surface area contributed by atoms with Gasteiger partial charge in [-0.15, -0.1) is 0 Å². The van der Waals surface area contributed by atoms with E-state index in [-0.39, 0.29) is 22.2 Å². The minimum Gasteiger partial charge on any atom is -0.493 e. The van der Waals surface area contributed by atoms with E-state index in [2.05, 4.69) is 15.6 Å². The van der Waals surface area contributed by atoms with Crippen LogP contribution in [0.25, 0.3) is 10.9 Å². The number of nitrogens with zero attached hydrogens (tertiary/aromatic N) is 1. The van der Waals surface area contributed by atoms with E-state index in [4.69, 9.17) is 10.1 Å². The third-order valence-corrected chi connectivity index (χ3v) is 4.65. The monoisotopic (exact) mass is 358 g/mol. The van der Waals surface area contributed by atoms with Gasteiger partial charge >= 0.3 is 0 Å². The van der Waals surface area contributed by atoms with Crippen molar-refractivity contribution in [1.29, 1.82) is 5.41 Å². The van der Waals surface area contributed by atoms with Crippen LogP contribution in [0.3, 0.4) is 0 Å². The summed E-state index contributed by atoms with van der Waals surface area (Å²) in [7, 11) is 0. The minimum absolute atomic E-state index is 0.140. The van der Waals surface area contributed by atoms with Crippen molar-refractivity contribution < 1.29 is 14.3 Å². The molecule has 25 heavy (non-hydrogen) atoms. The molecule has 1 aromatic heterocycles. The first-order chi connectivity index (χ1) is 12.0. The van der Waals surface area contributed by atoms with E-state index in [9.17, 15) is 9.59 Å². The molecule has 0 aliphatic carbocycles. The summed E-state index contributed by atoms with van der Waals surface area (Å²) in [6.07, 6.45) is 0.522. The van der Waals surface area contributed by atoms with Crippen LogP contribution in [-0.2, 0) is 16.0 Å². The Bertz CT molecular complexity index is 868. The van der Waals surface area contributed by atoms with E-state index >= 15 is 0 Å². The summed E-state index contributed by atoms with van der Waals surface area (Å²) in [5, 5.41) is 13.4. The molecule has 0 saturated carbocycles. The number of hydrogen-bond donors (Lipinski definition) is 3. The van der Waals surface area contributed by atoms with Crippen molar-refractivity contribution in [2.45, 2.75) is 25.5 Å². The van der Waals surface area contributed by atoms with E-state index in [0.29, 0.717) is 30.1 Å². The molecule has 3 rings (SSSR count). The summed E-state index contributed by atoms with van der Waals surface area (Å²) < 4.78 is 5.69. The Balaban J connectivity index is 1.95. The number of benzene rings is 1. The third-order valence-electron chi connectivity index (χ3n) is 3.65. The standard InChI is InChI=1S/C17H18N4O3S/c1-3-24-13-8-15(19-9(2)22)20-12-5-4-10(6-11(12)13)7-14-16(23)21-17(18)25-14/h4-6,8,14H,3,7H2,1-2H3,(H2,18,21,23)(H,19,20,22). The molecule has 2 heterocycles. The maximum atomic E-state index is 11.8. The highest BCUT2D eigenvalue weighted by atomic mass is 32.2. The van der Waals surface area contributed by atoms with E-state index < -0.39 is 0 Å². The van der Waals surface area contributed by atoms with Crippen LogP contribution >= 0.6 is 11.8 Å². The smallest absolute Gasteiger partial charge is 0.239 e. The normalized spacial score (nSPS) is 16.8. The molecule has 2 aromatic rings. The van der Waals surface area contributed by atoms with Gasteiger partial charge in [0.1, 0.15) is 11.6 Å². The second-order valence-electron chi connectivity index (χ2n) is 5.60. The zero-order chi connectivity index (χ0) is 18.0. The molecule has 0 bridgehead atoms. The topological polar surface area (TPSA) is 104 Å². The van der Waals surface area contributed by atoms with E-state index in [1.54, 1.807) is 6.07 Å². The van der Waals surface area contributed by atoms with Gasteiger partial charge in [-0.25, -0.2) is 4.98 Å². The van der Waals surface area contributed by atoms with Crippen LogP contribution in [0.15, 0.2) is 24.3 Å². The van der Waals surface area contributed by atoms with Crippen molar-refractivity contribution in [3.8, 4) is 5.75 Å². The highest BCUT2D eigenvalue weighted by molar-refractivity contribution is 8.15. The largest absolute Gasteiger partial charge is 0.493 e. The lowest BCUT2D eigenvalue weighted by atomic mass is 10.1. The van der Waals surface area contributed by atoms with Crippen molar-refractivity contribution in [3.63, 3.8) is 0 Å². The molecule has 0 radical (unpaired) electrons. The number of hydrogen-bond acceptors (Lipinski definition) is 6. The molecule has 1 saturated heterocycles. The molecule has 1 atom stereocenters. The first-order valence-corrected chi connectivity index (χ1v) is 8.74. The maximum Gasteiger partial charge on any atom is 0.239 e. The molecule has 1 unspecified atom stereocenters. The minimum atomic E-state index is -0.299. The van der Waals surface area contributed by atoms with Crippen LogP contribution < -0.4 is 15.4 Å². The Morgan fingerprint density at radius 2 is 2.24 bits per heavy atom. The van der Waals surface area contributed by atoms with E-state index in [0.717, 1.165) is 10.9 Å². The van der Waals surface area contributed by atoms with Gasteiger partial charge in [-0.2, -0.15) is 0 Å². The number of pyridine rings is 1. The second kappa shape index (κ2) is 7.10. The second-order valence-corrected chi connectivity index (χ2v) is 6.81. The van der Waals surface area contributed by atoms with Gasteiger partial charge in [0.2, 0.25) is 11.8 Å². The zero-order valence-electron chi connectivity index (χ0n) is 13.9. The molecule has 8 heteroatoms. The zero-order valence-corrected chi connectivity index (χ0v) is 14.7. The number of thioether (sulfide) groups is 1. The van der Waals surface area contributed by atoms with Gasteiger partial charge in [0.25, 0.3) is 0 Å². The lowest BCUT2D eigenvalue weighted by Gasteiger charge is -2.12. The quantitative estimate of drug-likeness (QED) is 0.761. The van der Waals surface area contributed by atoms with Crippen molar-refractivity contribution >= 4 is 45.5 Å². The van der Waals surface area contributed by atoms with Crippen molar-refractivity contribution in [3.05, 3.63) is 29.8 Å². The molecule has 1 aliphatic rings. The van der Waals surface area contributed by atoms with Crippen LogP contribution in [0.5, 0.6) is 5.75 Å². The predicted octanol–water partition coefficient (Wildman–Crippen LogP) is 2.30. The van der Waals surface area contributed by atoms with Crippen LogP contribution in [0.2, 0.25) is 0 Å². The molecule has 130 valence electrons. The average Bonchev–Trinajstić information content (AvgIpc) is 2.85. The number of carbonyl (C=O) groups is 2. The number of amides is 2. The molecular weight excluding hydrogens is 340 g/mol. The number of anilines is 1. The SMILES string of the molecule is CCOc1cc(NC(C)=O)nc2ccc(CC3SC(=N)NC3=O)cc12. The first kappa shape index (κ1) is 17.2. The van der Waals surface area contributed by atoms with Crippen molar-refractivity contribution in [2.24, 2.45) is 0 Å². The molecule has 7 nitrogen and oxygen atoms in total. The average molecular weight is 358 g/mol. The Morgan fingerprint density at radius 1 is 1.44 bits per heavy atom. The van der Waals surface area contributed by atoms with Crippen LogP contribution in [0.4, 0.5) is 5.82 Å². The van der Waals surface area contributed by atoms with Crippen LogP contribution in [0.1, 0.15) is 19.4 Å². The summed E-state index contributed by atoms with van der Waals surface area (Å²) >= 11 is 1.23. The lowest BCUT2D eigenvalue weighted by Crippen LogP contribution is -2.25. The van der Waals surface area contributed by atoms with Gasteiger partial charge in [-0.05, 0) is 31.0 Å². The Kier molecular flexibility index (Phi) is 4.89. The fourth-order valence-corrected chi connectivity index (χ4v) is 3.54. The Morgan fingerprint density at radius 3 is 2.88 bits per heavy atom. The summed E-state index contributed by atoms with van der Waals surface area (Å²) in [6.45, 7) is 3.80. The Hall–Kier alpha value is -2.61. The molecular formula is C17H18N4O3S. The number of ether oxygens (including phenoxy) is 1. The number of nitrogens with one attached hydrogen (secondary N) is 3. The number of amidine groups is 1. The fraction of sp³-hybridized carbons (Fsp3) is 0.294. The van der Waals surface area contributed by atoms with Crippen LogP contribution in [-0.4, -0.2) is 33.8 Å². The lowest BCUT2D eigenvalue weighted by molar-refractivity contribution is -0.118. The van der Waals surface area contributed by atoms with Gasteiger partial charge in [0.05, 0.1) is 17.4 Å². The van der Waals surface area contributed by atoms with Gasteiger partial charge < -0.3 is 15.4 Å². The highest BCUT2D eigenvalue weighted by Gasteiger charge is 2.29. The molecule has 3 N–H and O–H groups in total. The fourth-order valence-electron chi connectivity index (χ4n) is 2.65. The van der Waals surface area contributed by atoms with E-state index in [1.165, 1.54) is 18.7 Å². The molecule has 1 aliphatic heterocycles. The first-order valence-electron chi connectivity index (χ1n) is 7.86. The van der Waals surface area contributed by atoms with Gasteiger partial charge in [0, 0.05) is 18.4 Å². The summed E-state index contributed by atoms with van der Waals surface area (Å²) in [6, 6.07) is 7.39. The number of aromatic nitrogens is 1. The Labute approximate surface area is 149 Å². The summed E-state index contributed by atoms with van der Waals surface area (Å²) in [4.78, 5) is 27.5. The highest BCUT2D eigenvalue weighted by Crippen LogP contribution is 2.30. The summed E-state index contributed by atoms with van der Waals surface area (Å²) in [5.74, 6) is 0.738. The van der Waals surface area contributed by atoms with E-state index in [1.807, 2.05) is 25.1 Å². The molecule has 0 spiro atoms. The van der Waals surface area contributed by atoms with Gasteiger partial charge in [-0.3, -0.25) is 15.0 Å². The van der Waals surface area contributed by atoms with Gasteiger partial charge in [-0.1, -0.05) is 17.8 Å². The third kappa shape index (κ3) is 3.90. The number of rotatable bonds is 5. The molecule has 1 aromatic carbocycles. The predicted molar refractivity (Wildman–Crippen MR) is 98.2 cm³/mol. The van der Waals surface area contributed by atoms with Crippen molar-refractivity contribution in [1.82, 2.24) is 10.3 Å². The maximum absolute atomic E-state index is 11.8. The number of carbonyl (C=O) groups excluding carboxylic acids is 2.